The maximum atomic E-state index is 9.82. The van der Waals surface area contributed by atoms with Crippen LogP contribution in [-0.4, -0.2) is 18.1 Å². The highest BCUT2D eigenvalue weighted by Crippen LogP contribution is 1.95. The van der Waals surface area contributed by atoms with Crippen molar-refractivity contribution < 1.29 is 15.0 Å². The highest BCUT2D eigenvalue weighted by Gasteiger charge is 1.81. The topological polar surface area (TPSA) is 92.8 Å². The van der Waals surface area contributed by atoms with Crippen molar-refractivity contribution in [2.75, 3.05) is 6.61 Å². The molecule has 0 amide bonds. The maximum Gasteiger partial charge on any atom is 0.302 e. The molecule has 0 spiro atoms. The van der Waals surface area contributed by atoms with E-state index in [1.165, 1.54) is 32.6 Å². The molecular formula is C10H27NO3. The molecule has 0 radical (unpaired) electrons. The van der Waals surface area contributed by atoms with Crippen LogP contribution in [0.5, 0.6) is 0 Å². The Morgan fingerprint density at radius 2 is 1.43 bits per heavy atom. The van der Waals surface area contributed by atoms with Gasteiger partial charge in [-0.15, -0.1) is 0 Å². The zero-order chi connectivity index (χ0) is 9.82. The predicted octanol–water partition coefficient (Wildman–Crippen LogP) is 3.36. The standard InChI is InChI=1S/C6H14.C4H8O2.H3N.H2O/c1-3-5-6-4-2;1-3-6-4(2)5;;/h3-6H2,1-2H3;3H2,1-2H3;1H3;1H2. The van der Waals surface area contributed by atoms with Crippen LogP contribution in [0.15, 0.2) is 0 Å². The minimum absolute atomic E-state index is 0. The third-order valence-electron chi connectivity index (χ3n) is 1.30. The van der Waals surface area contributed by atoms with Gasteiger partial charge < -0.3 is 16.4 Å². The maximum absolute atomic E-state index is 9.82. The molecular weight excluding hydrogens is 182 g/mol. The van der Waals surface area contributed by atoms with Gasteiger partial charge in [0.05, 0.1) is 6.61 Å². The van der Waals surface area contributed by atoms with E-state index in [4.69, 9.17) is 0 Å². The number of quaternary nitrogens is 1. The second-order valence-electron chi connectivity index (χ2n) is 2.63. The van der Waals surface area contributed by atoms with E-state index in [-0.39, 0.29) is 17.6 Å². The first kappa shape index (κ1) is 23.3. The Morgan fingerprint density at radius 3 is 1.50 bits per heavy atom. The zero-order valence-corrected chi connectivity index (χ0v) is 10.3. The summed E-state index contributed by atoms with van der Waals surface area (Å²) in [4.78, 5) is 9.82. The summed E-state index contributed by atoms with van der Waals surface area (Å²) >= 11 is 0. The molecule has 0 atom stereocenters. The number of ether oxygens (including phenoxy) is 1. The van der Waals surface area contributed by atoms with Crippen molar-refractivity contribution >= 4 is 5.97 Å². The molecule has 0 saturated carbocycles. The molecule has 14 heavy (non-hydrogen) atoms. The van der Waals surface area contributed by atoms with Gasteiger partial charge in [0.1, 0.15) is 0 Å². The van der Waals surface area contributed by atoms with Gasteiger partial charge in [-0.2, -0.15) is 0 Å². The molecule has 0 aromatic rings. The molecule has 0 aliphatic rings. The number of esters is 1. The average molecular weight is 209 g/mol. The van der Waals surface area contributed by atoms with Gasteiger partial charge in [0.25, 0.3) is 0 Å². The molecule has 0 saturated heterocycles. The van der Waals surface area contributed by atoms with Crippen LogP contribution in [0.2, 0.25) is 0 Å². The normalized spacial score (nSPS) is 7.14. The van der Waals surface area contributed by atoms with E-state index < -0.39 is 0 Å². The van der Waals surface area contributed by atoms with E-state index in [0.29, 0.717) is 6.61 Å². The first-order valence-corrected chi connectivity index (χ1v) is 4.82. The van der Waals surface area contributed by atoms with Gasteiger partial charge in [-0.25, -0.2) is 0 Å². The second kappa shape index (κ2) is 22.8. The molecule has 0 rings (SSSR count). The lowest BCUT2D eigenvalue weighted by molar-refractivity contribution is -0.140. The number of carbonyl (C=O) groups excluding carboxylic acids is 1. The van der Waals surface area contributed by atoms with E-state index in [0.717, 1.165) is 0 Å². The zero-order valence-electron chi connectivity index (χ0n) is 10.3. The summed E-state index contributed by atoms with van der Waals surface area (Å²) in [6.45, 7) is 8.12. The lowest BCUT2D eigenvalue weighted by Gasteiger charge is -1.89. The summed E-state index contributed by atoms with van der Waals surface area (Å²) in [5, 5.41) is 0. The highest BCUT2D eigenvalue weighted by molar-refractivity contribution is 5.65. The summed E-state index contributed by atoms with van der Waals surface area (Å²) in [6, 6.07) is 0. The van der Waals surface area contributed by atoms with E-state index in [1.54, 1.807) is 6.92 Å². The second-order valence-corrected chi connectivity index (χ2v) is 2.63. The Morgan fingerprint density at radius 1 is 1.07 bits per heavy atom. The molecule has 0 bridgehead atoms. The minimum atomic E-state index is -0.211. The van der Waals surface area contributed by atoms with E-state index in [2.05, 4.69) is 18.6 Å². The number of rotatable bonds is 4. The van der Waals surface area contributed by atoms with Gasteiger partial charge in [0.15, 0.2) is 0 Å². The van der Waals surface area contributed by atoms with Crippen molar-refractivity contribution in [3.05, 3.63) is 0 Å². The Bertz CT molecular complexity index is 93.4. The van der Waals surface area contributed by atoms with Crippen LogP contribution in [0.25, 0.3) is 0 Å². The van der Waals surface area contributed by atoms with Crippen molar-refractivity contribution in [1.82, 2.24) is 6.15 Å². The molecule has 5 N–H and O–H groups in total. The van der Waals surface area contributed by atoms with Crippen LogP contribution in [0, 0.1) is 0 Å². The molecule has 0 unspecified atom stereocenters. The fourth-order valence-corrected chi connectivity index (χ4v) is 0.703. The third-order valence-corrected chi connectivity index (χ3v) is 1.30. The Balaban J connectivity index is -0.0000000625. The lowest BCUT2D eigenvalue weighted by Crippen LogP contribution is -1.95. The average Bonchev–Trinajstić information content (AvgIpc) is 2.02. The molecule has 0 aromatic carbocycles. The van der Waals surface area contributed by atoms with Crippen molar-refractivity contribution in [1.29, 1.82) is 0 Å². The SMILES string of the molecule is CCCCCC.CCOC(C)=O.[NH4+].[OH-]. The van der Waals surface area contributed by atoms with Crippen molar-refractivity contribution in [2.24, 2.45) is 0 Å². The van der Waals surface area contributed by atoms with E-state index in [9.17, 15) is 4.79 Å². The molecule has 4 nitrogen and oxygen atoms in total. The van der Waals surface area contributed by atoms with Crippen molar-refractivity contribution in [3.8, 4) is 0 Å². The van der Waals surface area contributed by atoms with E-state index in [1.807, 2.05) is 0 Å². The summed E-state index contributed by atoms with van der Waals surface area (Å²) in [7, 11) is 0. The molecule has 0 aliphatic heterocycles. The van der Waals surface area contributed by atoms with Crippen molar-refractivity contribution in [2.45, 2.75) is 53.4 Å². The first-order valence-electron chi connectivity index (χ1n) is 4.82. The predicted molar refractivity (Wildman–Crippen MR) is 60.0 cm³/mol. The van der Waals surface area contributed by atoms with E-state index >= 15 is 0 Å². The third kappa shape index (κ3) is 42.3. The number of hydrogen-bond donors (Lipinski definition) is 1. The van der Waals surface area contributed by atoms with Crippen LogP contribution in [0.3, 0.4) is 0 Å². The van der Waals surface area contributed by atoms with Crippen LogP contribution in [0.4, 0.5) is 0 Å². The monoisotopic (exact) mass is 209 g/mol. The smallest absolute Gasteiger partial charge is 0.302 e. The van der Waals surface area contributed by atoms with Crippen LogP contribution >= 0.6 is 0 Å². The fourth-order valence-electron chi connectivity index (χ4n) is 0.703. The summed E-state index contributed by atoms with van der Waals surface area (Å²) in [5.41, 5.74) is 0. The lowest BCUT2D eigenvalue weighted by atomic mass is 10.2. The Labute approximate surface area is 87.9 Å². The van der Waals surface area contributed by atoms with Crippen LogP contribution < -0.4 is 6.15 Å². The van der Waals surface area contributed by atoms with Gasteiger partial charge in [0, 0.05) is 6.92 Å². The van der Waals surface area contributed by atoms with Gasteiger partial charge in [0.2, 0.25) is 0 Å². The Kier molecular flexibility index (Phi) is 38.0. The molecule has 0 aliphatic carbocycles. The minimum Gasteiger partial charge on any atom is -0.870 e. The fraction of sp³-hybridized carbons (Fsp3) is 0.900. The van der Waals surface area contributed by atoms with Crippen LogP contribution in [0.1, 0.15) is 53.4 Å². The number of carbonyl (C=O) groups is 1. The molecule has 0 fully saturated rings. The van der Waals surface area contributed by atoms with Gasteiger partial charge in [-0.05, 0) is 6.92 Å². The van der Waals surface area contributed by atoms with Crippen molar-refractivity contribution in [3.63, 3.8) is 0 Å². The Hall–Kier alpha value is -0.610. The molecule has 0 aromatic heterocycles. The first-order chi connectivity index (χ1) is 5.68. The largest absolute Gasteiger partial charge is 0.870 e. The van der Waals surface area contributed by atoms with Gasteiger partial charge in [-0.3, -0.25) is 4.79 Å². The van der Waals surface area contributed by atoms with Gasteiger partial charge in [-0.1, -0.05) is 39.5 Å². The molecule has 90 valence electrons. The molecule has 4 heteroatoms. The quantitative estimate of drug-likeness (QED) is 0.568. The van der Waals surface area contributed by atoms with Gasteiger partial charge >= 0.3 is 5.97 Å². The van der Waals surface area contributed by atoms with Crippen LogP contribution in [-0.2, 0) is 9.53 Å². The number of hydrogen-bond acceptors (Lipinski definition) is 3. The summed E-state index contributed by atoms with van der Waals surface area (Å²) < 4.78 is 4.40. The summed E-state index contributed by atoms with van der Waals surface area (Å²) in [5.74, 6) is -0.211. The summed E-state index contributed by atoms with van der Waals surface area (Å²) in [6.07, 6.45) is 5.54. The highest BCUT2D eigenvalue weighted by atomic mass is 16.5. The number of unbranched alkanes of at least 4 members (excludes halogenated alkanes) is 3. The molecule has 0 heterocycles.